The number of nitrogens with zero attached hydrogens (tertiary/aromatic N) is 2. The van der Waals surface area contributed by atoms with Crippen molar-refractivity contribution in [1.29, 1.82) is 0 Å². The van der Waals surface area contributed by atoms with Crippen LogP contribution in [0, 0.1) is 6.92 Å². The van der Waals surface area contributed by atoms with Crippen molar-refractivity contribution in [3.8, 4) is 5.88 Å². The van der Waals surface area contributed by atoms with Gasteiger partial charge in [-0.3, -0.25) is 4.72 Å². The first-order valence-electron chi connectivity index (χ1n) is 5.58. The summed E-state index contributed by atoms with van der Waals surface area (Å²) in [7, 11) is -2.37. The second kappa shape index (κ2) is 5.64. The van der Waals surface area contributed by atoms with E-state index in [9.17, 15) is 8.42 Å². The lowest BCUT2D eigenvalue weighted by atomic mass is 10.4. The number of anilines is 1. The molecule has 0 atom stereocenters. The lowest BCUT2D eigenvalue weighted by Crippen LogP contribution is -2.15. The number of ether oxygens (including phenoxy) is 1. The van der Waals surface area contributed by atoms with E-state index in [2.05, 4.69) is 14.7 Å². The topological polar surface area (TPSA) is 81.2 Å². The molecule has 0 radical (unpaired) electrons. The zero-order chi connectivity index (χ0) is 14.8. The summed E-state index contributed by atoms with van der Waals surface area (Å²) in [5.41, 5.74) is 0.622. The largest absolute Gasteiger partial charge is 0.478 e. The first-order valence-corrected chi connectivity index (χ1v) is 7.44. The van der Waals surface area contributed by atoms with Crippen LogP contribution >= 0.6 is 11.6 Å². The number of aryl methyl sites for hydroxylation is 1. The lowest BCUT2D eigenvalue weighted by Gasteiger charge is -2.10. The van der Waals surface area contributed by atoms with Crippen LogP contribution in [0.2, 0.25) is 5.02 Å². The predicted molar refractivity (Wildman–Crippen MR) is 75.6 cm³/mol. The number of halogens is 1. The first-order chi connectivity index (χ1) is 9.42. The molecule has 8 heteroatoms. The molecular formula is C12H12ClN3O3S. The fourth-order valence-corrected chi connectivity index (χ4v) is 2.60. The van der Waals surface area contributed by atoms with Gasteiger partial charge in [0.1, 0.15) is 0 Å². The van der Waals surface area contributed by atoms with E-state index in [1.807, 2.05) is 0 Å². The average Bonchev–Trinajstić information content (AvgIpc) is 2.41. The van der Waals surface area contributed by atoms with Crippen molar-refractivity contribution in [2.75, 3.05) is 11.8 Å². The molecule has 0 aliphatic carbocycles. The molecule has 0 unspecified atom stereocenters. The summed E-state index contributed by atoms with van der Waals surface area (Å²) in [4.78, 5) is 8.10. The van der Waals surface area contributed by atoms with Crippen LogP contribution < -0.4 is 9.46 Å². The smallest absolute Gasteiger partial charge is 0.263 e. The Labute approximate surface area is 121 Å². The molecule has 0 aliphatic heterocycles. The molecule has 0 saturated carbocycles. The predicted octanol–water partition coefficient (Wildman–Crippen LogP) is 2.25. The molecule has 2 rings (SSSR count). The summed E-state index contributed by atoms with van der Waals surface area (Å²) in [6, 6.07) is 5.79. The molecule has 20 heavy (non-hydrogen) atoms. The van der Waals surface area contributed by atoms with Gasteiger partial charge in [0.05, 0.1) is 23.9 Å². The number of nitrogens with one attached hydrogen (secondary N) is 1. The molecule has 0 saturated heterocycles. The summed E-state index contributed by atoms with van der Waals surface area (Å²) in [6.45, 7) is 1.73. The van der Waals surface area contributed by atoms with Crippen LogP contribution in [0.5, 0.6) is 5.88 Å². The van der Waals surface area contributed by atoms with Gasteiger partial charge in [-0.05, 0) is 31.2 Å². The van der Waals surface area contributed by atoms with Crippen LogP contribution in [-0.2, 0) is 10.0 Å². The molecule has 0 spiro atoms. The minimum atomic E-state index is -3.77. The maximum atomic E-state index is 12.2. The van der Waals surface area contributed by atoms with Crippen molar-refractivity contribution in [2.24, 2.45) is 0 Å². The molecule has 1 N–H and O–H groups in total. The molecule has 0 bridgehead atoms. The molecule has 6 nitrogen and oxygen atoms in total. The van der Waals surface area contributed by atoms with Crippen LogP contribution in [-0.4, -0.2) is 25.5 Å². The van der Waals surface area contributed by atoms with E-state index in [1.165, 1.54) is 37.6 Å². The summed E-state index contributed by atoms with van der Waals surface area (Å²) in [5, 5.41) is 0.455. The van der Waals surface area contributed by atoms with Gasteiger partial charge in [0.2, 0.25) is 5.82 Å². The van der Waals surface area contributed by atoms with Crippen molar-refractivity contribution in [1.82, 2.24) is 9.97 Å². The number of sulfonamides is 1. The molecule has 2 aromatic rings. The third kappa shape index (κ3) is 3.17. The molecule has 106 valence electrons. The molecule has 1 aromatic heterocycles. The molecule has 0 aliphatic rings. The quantitative estimate of drug-likeness (QED) is 0.936. The van der Waals surface area contributed by atoms with Crippen molar-refractivity contribution in [2.45, 2.75) is 11.8 Å². The van der Waals surface area contributed by atoms with E-state index in [4.69, 9.17) is 16.3 Å². The molecule has 0 fully saturated rings. The summed E-state index contributed by atoms with van der Waals surface area (Å²) >= 11 is 5.73. The number of benzene rings is 1. The normalized spacial score (nSPS) is 11.2. The first kappa shape index (κ1) is 14.5. The highest BCUT2D eigenvalue weighted by Gasteiger charge is 2.18. The van der Waals surface area contributed by atoms with Crippen LogP contribution in [0.3, 0.4) is 0 Å². The second-order valence-electron chi connectivity index (χ2n) is 3.93. The Morgan fingerprint density at radius 1 is 1.25 bits per heavy atom. The third-order valence-electron chi connectivity index (χ3n) is 2.41. The van der Waals surface area contributed by atoms with Crippen LogP contribution in [0.1, 0.15) is 5.69 Å². The number of hydrogen-bond donors (Lipinski definition) is 1. The zero-order valence-electron chi connectivity index (χ0n) is 10.8. The number of aromatic nitrogens is 2. The van der Waals surface area contributed by atoms with Crippen molar-refractivity contribution in [3.63, 3.8) is 0 Å². The van der Waals surface area contributed by atoms with E-state index in [0.717, 1.165) is 0 Å². The number of rotatable bonds is 4. The van der Waals surface area contributed by atoms with Gasteiger partial charge in [0.15, 0.2) is 0 Å². The SMILES string of the molecule is COc1nc(C)cnc1NS(=O)(=O)c1ccc(Cl)cc1. The van der Waals surface area contributed by atoms with E-state index in [-0.39, 0.29) is 16.6 Å². The van der Waals surface area contributed by atoms with E-state index < -0.39 is 10.0 Å². The minimum absolute atomic E-state index is 0.0352. The van der Waals surface area contributed by atoms with Gasteiger partial charge in [-0.2, -0.15) is 0 Å². The lowest BCUT2D eigenvalue weighted by molar-refractivity contribution is 0.397. The van der Waals surface area contributed by atoms with Gasteiger partial charge in [-0.15, -0.1) is 0 Å². The fourth-order valence-electron chi connectivity index (χ4n) is 1.47. The van der Waals surface area contributed by atoms with Gasteiger partial charge in [0, 0.05) is 5.02 Å². The highest BCUT2D eigenvalue weighted by atomic mass is 35.5. The maximum Gasteiger partial charge on any atom is 0.263 e. The van der Waals surface area contributed by atoms with E-state index in [1.54, 1.807) is 6.92 Å². The van der Waals surface area contributed by atoms with Crippen LogP contribution in [0.25, 0.3) is 0 Å². The highest BCUT2D eigenvalue weighted by Crippen LogP contribution is 2.22. The van der Waals surface area contributed by atoms with Gasteiger partial charge in [0.25, 0.3) is 15.9 Å². The molecule has 1 aromatic carbocycles. The Kier molecular flexibility index (Phi) is 4.10. The summed E-state index contributed by atoms with van der Waals surface area (Å²) in [5.74, 6) is 0.149. The number of hydrogen-bond acceptors (Lipinski definition) is 5. The van der Waals surface area contributed by atoms with E-state index in [0.29, 0.717) is 10.7 Å². The van der Waals surface area contributed by atoms with Gasteiger partial charge in [-0.1, -0.05) is 11.6 Å². The Hall–Kier alpha value is -1.86. The van der Waals surface area contributed by atoms with Crippen molar-refractivity contribution in [3.05, 3.63) is 41.2 Å². The second-order valence-corrected chi connectivity index (χ2v) is 6.05. The molecular weight excluding hydrogens is 302 g/mol. The Morgan fingerprint density at radius 2 is 1.90 bits per heavy atom. The minimum Gasteiger partial charge on any atom is -0.478 e. The molecule has 1 heterocycles. The Morgan fingerprint density at radius 3 is 2.50 bits per heavy atom. The maximum absolute atomic E-state index is 12.2. The number of methoxy groups -OCH3 is 1. The van der Waals surface area contributed by atoms with E-state index >= 15 is 0 Å². The van der Waals surface area contributed by atoms with Crippen molar-refractivity contribution < 1.29 is 13.2 Å². The summed E-state index contributed by atoms with van der Waals surface area (Å²) < 4.78 is 31.7. The third-order valence-corrected chi connectivity index (χ3v) is 4.02. The highest BCUT2D eigenvalue weighted by molar-refractivity contribution is 7.92. The Bertz CT molecular complexity index is 717. The molecule has 0 amide bonds. The average molecular weight is 314 g/mol. The van der Waals surface area contributed by atoms with Crippen LogP contribution in [0.15, 0.2) is 35.4 Å². The summed E-state index contributed by atoms with van der Waals surface area (Å²) in [6.07, 6.45) is 1.45. The monoisotopic (exact) mass is 313 g/mol. The Balaban J connectivity index is 2.35. The fraction of sp³-hybridized carbons (Fsp3) is 0.167. The standard InChI is InChI=1S/C12H12ClN3O3S/c1-8-7-14-11(12(15-8)19-2)16-20(17,18)10-5-3-9(13)4-6-10/h3-7H,1-2H3,(H,14,16). The zero-order valence-corrected chi connectivity index (χ0v) is 12.4. The van der Waals surface area contributed by atoms with Crippen LogP contribution in [0.4, 0.5) is 5.82 Å². The van der Waals surface area contributed by atoms with Gasteiger partial charge in [-0.25, -0.2) is 18.4 Å². The van der Waals surface area contributed by atoms with Crippen molar-refractivity contribution >= 4 is 27.4 Å². The van der Waals surface area contributed by atoms with Gasteiger partial charge >= 0.3 is 0 Å². The van der Waals surface area contributed by atoms with Gasteiger partial charge < -0.3 is 4.74 Å².